The molecule has 0 aliphatic heterocycles. The summed E-state index contributed by atoms with van der Waals surface area (Å²) in [4.78, 5) is 14.4. The van der Waals surface area contributed by atoms with Crippen LogP contribution in [0.1, 0.15) is 5.56 Å². The maximum atomic E-state index is 12.6. The number of para-hydroxylation sites is 1. The minimum atomic E-state index is -2.55. The fraction of sp³-hybridized carbons (Fsp3) is 0.278. The molecule has 2 aromatic rings. The molecule has 140 valence electrons. The molecule has 2 aromatic carbocycles. The van der Waals surface area contributed by atoms with Gasteiger partial charge in [0, 0.05) is 22.0 Å². The quantitative estimate of drug-likeness (QED) is 0.650. The first-order valence-corrected chi connectivity index (χ1v) is 8.99. The zero-order valence-electron chi connectivity index (χ0n) is 14.3. The molecule has 0 bridgehead atoms. The largest absolute Gasteiger partial charge is 0.496 e. The molecule has 4 nitrogen and oxygen atoms in total. The predicted octanol–water partition coefficient (Wildman–Crippen LogP) is 4.73. The van der Waals surface area contributed by atoms with Crippen molar-refractivity contribution < 1.29 is 18.3 Å². The Labute approximate surface area is 160 Å². The highest BCUT2D eigenvalue weighted by molar-refractivity contribution is 7.99. The van der Waals surface area contributed by atoms with Crippen LogP contribution in [-0.2, 0) is 11.3 Å². The van der Waals surface area contributed by atoms with Crippen LogP contribution in [0.5, 0.6) is 5.75 Å². The summed E-state index contributed by atoms with van der Waals surface area (Å²) >= 11 is 6.41. The molecule has 26 heavy (non-hydrogen) atoms. The highest BCUT2D eigenvalue weighted by atomic mass is 35.5. The van der Waals surface area contributed by atoms with Crippen LogP contribution in [-0.4, -0.2) is 37.3 Å². The Balaban J connectivity index is 1.99. The summed E-state index contributed by atoms with van der Waals surface area (Å²) in [7, 11) is 3.34. The van der Waals surface area contributed by atoms with E-state index >= 15 is 0 Å². The van der Waals surface area contributed by atoms with Crippen molar-refractivity contribution >= 4 is 35.0 Å². The number of anilines is 1. The number of amides is 1. The molecule has 0 aliphatic carbocycles. The number of ether oxygens (including phenoxy) is 1. The van der Waals surface area contributed by atoms with E-state index in [1.807, 2.05) is 0 Å². The van der Waals surface area contributed by atoms with Gasteiger partial charge in [-0.25, -0.2) is 0 Å². The molecule has 8 heteroatoms. The number of hydrogen-bond donors (Lipinski definition) is 1. The third kappa shape index (κ3) is 6.16. The third-order valence-corrected chi connectivity index (χ3v) is 4.50. The molecule has 0 saturated heterocycles. The van der Waals surface area contributed by atoms with E-state index in [-0.39, 0.29) is 12.5 Å². The number of carbonyl (C=O) groups is 1. The van der Waals surface area contributed by atoms with Gasteiger partial charge in [-0.2, -0.15) is 8.78 Å². The zero-order valence-corrected chi connectivity index (χ0v) is 15.9. The van der Waals surface area contributed by atoms with E-state index in [1.54, 1.807) is 61.5 Å². The van der Waals surface area contributed by atoms with Crippen molar-refractivity contribution in [3.8, 4) is 5.75 Å². The van der Waals surface area contributed by atoms with E-state index in [9.17, 15) is 13.6 Å². The topological polar surface area (TPSA) is 41.6 Å². The molecule has 0 spiro atoms. The lowest BCUT2D eigenvalue weighted by atomic mass is 10.2. The van der Waals surface area contributed by atoms with E-state index in [4.69, 9.17) is 16.3 Å². The number of alkyl halides is 2. The first-order chi connectivity index (χ1) is 12.4. The summed E-state index contributed by atoms with van der Waals surface area (Å²) in [5.41, 5.74) is 1.22. The first kappa shape index (κ1) is 20.5. The molecule has 1 amide bonds. The number of nitrogens with one attached hydrogen (secondary N) is 1. The average Bonchev–Trinajstić information content (AvgIpc) is 2.56. The highest BCUT2D eigenvalue weighted by Crippen LogP contribution is 2.31. The molecular weight excluding hydrogens is 382 g/mol. The first-order valence-electron chi connectivity index (χ1n) is 7.73. The molecule has 0 saturated carbocycles. The van der Waals surface area contributed by atoms with Crippen molar-refractivity contribution in [2.75, 3.05) is 26.0 Å². The van der Waals surface area contributed by atoms with Crippen LogP contribution >= 0.6 is 23.4 Å². The molecule has 0 fully saturated rings. The lowest BCUT2D eigenvalue weighted by Crippen LogP contribution is -2.30. The minimum absolute atomic E-state index is 0.0867. The summed E-state index contributed by atoms with van der Waals surface area (Å²) in [6.07, 6.45) is 0. The van der Waals surface area contributed by atoms with E-state index in [1.165, 1.54) is 0 Å². The third-order valence-electron chi connectivity index (χ3n) is 3.47. The second kappa shape index (κ2) is 9.75. The summed E-state index contributed by atoms with van der Waals surface area (Å²) in [5.74, 6) is -2.16. The van der Waals surface area contributed by atoms with E-state index in [0.29, 0.717) is 39.7 Å². The molecule has 1 N–H and O–H groups in total. The van der Waals surface area contributed by atoms with Crippen LogP contribution in [0.3, 0.4) is 0 Å². The lowest BCUT2D eigenvalue weighted by molar-refractivity contribution is -0.117. The maximum Gasteiger partial charge on any atom is 0.288 e. The molecule has 0 aliphatic rings. The molecule has 0 unspecified atom stereocenters. The Kier molecular flexibility index (Phi) is 7.68. The molecule has 0 heterocycles. The van der Waals surface area contributed by atoms with Crippen LogP contribution in [0.25, 0.3) is 0 Å². The number of benzene rings is 2. The van der Waals surface area contributed by atoms with Crippen LogP contribution in [0, 0.1) is 0 Å². The van der Waals surface area contributed by atoms with Crippen LogP contribution in [0.4, 0.5) is 14.5 Å². The summed E-state index contributed by atoms with van der Waals surface area (Å²) in [6.45, 7) is 0.536. The van der Waals surface area contributed by atoms with Gasteiger partial charge in [0.2, 0.25) is 5.91 Å². The van der Waals surface area contributed by atoms with Crippen molar-refractivity contribution in [2.45, 2.75) is 17.2 Å². The Morgan fingerprint density at radius 2 is 2.04 bits per heavy atom. The smallest absolute Gasteiger partial charge is 0.288 e. The number of hydrogen-bond acceptors (Lipinski definition) is 4. The van der Waals surface area contributed by atoms with Gasteiger partial charge in [-0.1, -0.05) is 35.5 Å². The van der Waals surface area contributed by atoms with Gasteiger partial charge in [-0.3, -0.25) is 9.69 Å². The predicted molar refractivity (Wildman–Crippen MR) is 101 cm³/mol. The molecule has 0 aromatic heterocycles. The maximum absolute atomic E-state index is 12.6. The lowest BCUT2D eigenvalue weighted by Gasteiger charge is -2.19. The molecule has 0 radical (unpaired) electrons. The summed E-state index contributed by atoms with van der Waals surface area (Å²) in [5, 5.41) is 3.26. The average molecular weight is 401 g/mol. The van der Waals surface area contributed by atoms with Crippen molar-refractivity contribution in [3.63, 3.8) is 0 Å². The summed E-state index contributed by atoms with van der Waals surface area (Å²) in [6, 6.07) is 11.8. The number of carbonyl (C=O) groups excluding carboxylic acids is 1. The summed E-state index contributed by atoms with van der Waals surface area (Å²) < 4.78 is 30.5. The number of thioether (sulfide) groups is 1. The van der Waals surface area contributed by atoms with Crippen molar-refractivity contribution in [1.82, 2.24) is 4.90 Å². The van der Waals surface area contributed by atoms with Gasteiger partial charge in [0.15, 0.2) is 0 Å². The number of rotatable bonds is 8. The van der Waals surface area contributed by atoms with Crippen LogP contribution in [0.2, 0.25) is 5.02 Å². The van der Waals surface area contributed by atoms with Gasteiger partial charge in [0.05, 0.1) is 19.3 Å². The molecule has 0 atom stereocenters. The van der Waals surface area contributed by atoms with Gasteiger partial charge < -0.3 is 10.1 Å². The monoisotopic (exact) mass is 400 g/mol. The number of nitrogens with zero attached hydrogens (tertiary/aromatic N) is 1. The Morgan fingerprint density at radius 3 is 2.73 bits per heavy atom. The number of halogens is 3. The minimum Gasteiger partial charge on any atom is -0.496 e. The fourth-order valence-electron chi connectivity index (χ4n) is 2.42. The van der Waals surface area contributed by atoms with Crippen molar-refractivity contribution in [1.29, 1.82) is 0 Å². The zero-order chi connectivity index (χ0) is 19.1. The molecular formula is C18H19ClF2N2O2S. The number of likely N-dealkylation sites (N-methyl/N-ethyl adjacent to an activating group) is 1. The van der Waals surface area contributed by atoms with Crippen molar-refractivity contribution in [2.24, 2.45) is 0 Å². The van der Waals surface area contributed by atoms with Gasteiger partial charge in [0.25, 0.3) is 5.76 Å². The van der Waals surface area contributed by atoms with E-state index < -0.39 is 5.76 Å². The van der Waals surface area contributed by atoms with Gasteiger partial charge >= 0.3 is 0 Å². The van der Waals surface area contributed by atoms with Crippen LogP contribution in [0.15, 0.2) is 47.4 Å². The Bertz CT molecular complexity index is 762. The normalized spacial score (nSPS) is 11.0. The number of methoxy groups -OCH3 is 1. The van der Waals surface area contributed by atoms with Crippen LogP contribution < -0.4 is 10.1 Å². The van der Waals surface area contributed by atoms with Gasteiger partial charge in [-0.15, -0.1) is 0 Å². The van der Waals surface area contributed by atoms with Gasteiger partial charge in [-0.05, 0) is 37.4 Å². The Hall–Kier alpha value is -1.83. The fourth-order valence-corrected chi connectivity index (χ4v) is 3.21. The van der Waals surface area contributed by atoms with E-state index in [2.05, 4.69) is 5.32 Å². The standard InChI is InChI=1S/C18H19ClF2N2O2S/c1-23(10-12-9-13(19)7-8-15(12)25-2)11-17(24)22-14-5-3-4-6-16(14)26-18(20)21/h3-9,18H,10-11H2,1-2H3,(H,22,24). The SMILES string of the molecule is COc1ccc(Cl)cc1CN(C)CC(=O)Nc1ccccc1SC(F)F. The van der Waals surface area contributed by atoms with Gasteiger partial charge in [0.1, 0.15) is 5.75 Å². The second-order valence-corrected chi connectivity index (χ2v) is 7.02. The second-order valence-electron chi connectivity index (χ2n) is 5.55. The highest BCUT2D eigenvalue weighted by Gasteiger charge is 2.14. The molecule has 2 rings (SSSR count). The van der Waals surface area contributed by atoms with Crippen molar-refractivity contribution in [3.05, 3.63) is 53.1 Å². The Morgan fingerprint density at radius 1 is 1.31 bits per heavy atom. The van der Waals surface area contributed by atoms with E-state index in [0.717, 1.165) is 5.56 Å².